The summed E-state index contributed by atoms with van der Waals surface area (Å²) in [6.07, 6.45) is 2.51. The Balaban J connectivity index is 1.91. The average Bonchev–Trinajstić information content (AvgIpc) is 3.18. The largest absolute Gasteiger partial charge is 0.458 e. The molecule has 0 bridgehead atoms. The standard InChI is InChI=1S/C14H20N6O2S/c1-2-9(15)5-17-8-19-14-20-11(7-23-14)12-4-3-10(22-12)6-18-13(16)21/h3-4,7-9H,2,5-6,15H2,1H3,(H3,16,18,21)(H,17,19,20). The van der Waals surface area contributed by atoms with E-state index in [4.69, 9.17) is 15.9 Å². The molecular weight excluding hydrogens is 316 g/mol. The first-order chi connectivity index (χ1) is 11.1. The molecule has 0 spiro atoms. The van der Waals surface area contributed by atoms with E-state index in [-0.39, 0.29) is 12.6 Å². The van der Waals surface area contributed by atoms with Crippen molar-refractivity contribution in [2.24, 2.45) is 16.5 Å². The monoisotopic (exact) mass is 336 g/mol. The molecule has 9 heteroatoms. The molecule has 0 aliphatic carbocycles. The van der Waals surface area contributed by atoms with Crippen LogP contribution in [0.1, 0.15) is 19.1 Å². The minimum atomic E-state index is -0.594. The maximum atomic E-state index is 10.7. The molecule has 23 heavy (non-hydrogen) atoms. The van der Waals surface area contributed by atoms with Crippen LogP contribution >= 0.6 is 11.3 Å². The van der Waals surface area contributed by atoms with Crippen LogP contribution in [0.4, 0.5) is 9.93 Å². The SMILES string of the molecule is CCC(N)CNC=Nc1nc(-c2ccc(CNC(N)=O)o2)cs1. The number of hydrogen-bond acceptors (Lipinski definition) is 6. The Morgan fingerprint density at radius 2 is 2.39 bits per heavy atom. The van der Waals surface area contributed by atoms with Crippen LogP contribution in [0.5, 0.6) is 0 Å². The highest BCUT2D eigenvalue weighted by Crippen LogP contribution is 2.27. The van der Waals surface area contributed by atoms with Gasteiger partial charge in [0.05, 0.1) is 12.9 Å². The number of primary amides is 1. The summed E-state index contributed by atoms with van der Waals surface area (Å²) in [4.78, 5) is 19.3. The van der Waals surface area contributed by atoms with Crippen LogP contribution in [-0.2, 0) is 6.54 Å². The van der Waals surface area contributed by atoms with Gasteiger partial charge in [0, 0.05) is 18.0 Å². The van der Waals surface area contributed by atoms with Crippen molar-refractivity contribution in [1.29, 1.82) is 0 Å². The van der Waals surface area contributed by atoms with E-state index in [0.29, 0.717) is 28.9 Å². The third kappa shape index (κ3) is 5.38. The van der Waals surface area contributed by atoms with Crippen LogP contribution in [0.25, 0.3) is 11.5 Å². The molecule has 0 aliphatic heterocycles. The topological polar surface area (TPSA) is 132 Å². The van der Waals surface area contributed by atoms with Gasteiger partial charge in [0.25, 0.3) is 0 Å². The van der Waals surface area contributed by atoms with Crippen molar-refractivity contribution in [2.45, 2.75) is 25.9 Å². The molecule has 0 aliphatic rings. The normalized spacial score (nSPS) is 12.4. The first-order valence-electron chi connectivity index (χ1n) is 7.18. The number of aliphatic imine (C=N–C) groups is 1. The summed E-state index contributed by atoms with van der Waals surface area (Å²) < 4.78 is 5.59. The highest BCUT2D eigenvalue weighted by atomic mass is 32.1. The Bertz CT molecular complexity index is 666. The number of nitrogens with one attached hydrogen (secondary N) is 2. The number of carbonyl (C=O) groups excluding carboxylic acids is 1. The Hall–Kier alpha value is -2.39. The first-order valence-corrected chi connectivity index (χ1v) is 8.06. The third-order valence-electron chi connectivity index (χ3n) is 3.01. The van der Waals surface area contributed by atoms with Crippen molar-refractivity contribution >= 4 is 28.8 Å². The van der Waals surface area contributed by atoms with Gasteiger partial charge in [0.1, 0.15) is 11.5 Å². The van der Waals surface area contributed by atoms with E-state index >= 15 is 0 Å². The minimum absolute atomic E-state index is 0.115. The van der Waals surface area contributed by atoms with Gasteiger partial charge in [-0.1, -0.05) is 6.92 Å². The molecular formula is C14H20N6O2S. The molecule has 0 radical (unpaired) electrons. The highest BCUT2D eigenvalue weighted by Gasteiger charge is 2.09. The van der Waals surface area contributed by atoms with E-state index in [9.17, 15) is 4.79 Å². The van der Waals surface area contributed by atoms with Crippen LogP contribution in [0.2, 0.25) is 0 Å². The Morgan fingerprint density at radius 3 is 3.13 bits per heavy atom. The van der Waals surface area contributed by atoms with Crippen molar-refractivity contribution in [1.82, 2.24) is 15.6 Å². The molecule has 2 aromatic rings. The van der Waals surface area contributed by atoms with Crippen LogP contribution in [0.3, 0.4) is 0 Å². The number of hydrogen-bond donors (Lipinski definition) is 4. The fourth-order valence-electron chi connectivity index (χ4n) is 1.67. The summed E-state index contributed by atoms with van der Waals surface area (Å²) in [7, 11) is 0. The van der Waals surface area contributed by atoms with Gasteiger partial charge in [-0.15, -0.1) is 11.3 Å². The fourth-order valence-corrected chi connectivity index (χ4v) is 2.32. The zero-order valence-corrected chi connectivity index (χ0v) is 13.6. The maximum absolute atomic E-state index is 10.7. The van der Waals surface area contributed by atoms with Gasteiger partial charge in [-0.2, -0.15) is 0 Å². The predicted octanol–water partition coefficient (Wildman–Crippen LogP) is 1.56. The van der Waals surface area contributed by atoms with Gasteiger partial charge >= 0.3 is 6.03 Å². The Kier molecular flexibility index (Phi) is 6.12. The fraction of sp³-hybridized carbons (Fsp3) is 0.357. The molecule has 0 fully saturated rings. The lowest BCUT2D eigenvalue weighted by atomic mass is 10.2. The molecule has 1 unspecified atom stereocenters. The van der Waals surface area contributed by atoms with Gasteiger partial charge in [-0.05, 0) is 18.6 Å². The van der Waals surface area contributed by atoms with Crippen molar-refractivity contribution in [3.05, 3.63) is 23.3 Å². The zero-order chi connectivity index (χ0) is 16.7. The van der Waals surface area contributed by atoms with Gasteiger partial charge < -0.3 is 26.5 Å². The number of amides is 2. The van der Waals surface area contributed by atoms with Gasteiger partial charge in [-0.25, -0.2) is 14.8 Å². The van der Waals surface area contributed by atoms with Crippen LogP contribution in [0, 0.1) is 0 Å². The molecule has 0 saturated heterocycles. The van der Waals surface area contributed by atoms with Crippen molar-refractivity contribution in [3.8, 4) is 11.5 Å². The van der Waals surface area contributed by atoms with Gasteiger partial charge in [0.2, 0.25) is 5.13 Å². The molecule has 2 rings (SSSR count). The van der Waals surface area contributed by atoms with Gasteiger partial charge in [0.15, 0.2) is 5.76 Å². The summed E-state index contributed by atoms with van der Waals surface area (Å²) in [6.45, 7) is 2.95. The molecule has 124 valence electrons. The lowest BCUT2D eigenvalue weighted by Gasteiger charge is -2.06. The first kappa shape index (κ1) is 17.0. The lowest BCUT2D eigenvalue weighted by Crippen LogP contribution is -2.32. The second kappa shape index (κ2) is 8.30. The summed E-state index contributed by atoms with van der Waals surface area (Å²) in [5, 5.41) is 7.98. The number of nitrogens with two attached hydrogens (primary N) is 2. The van der Waals surface area contributed by atoms with E-state index < -0.39 is 6.03 Å². The van der Waals surface area contributed by atoms with Gasteiger partial charge in [-0.3, -0.25) is 0 Å². The number of nitrogens with zero attached hydrogens (tertiary/aromatic N) is 2. The smallest absolute Gasteiger partial charge is 0.312 e. The van der Waals surface area contributed by atoms with E-state index in [1.807, 2.05) is 12.3 Å². The quantitative estimate of drug-likeness (QED) is 0.429. The molecule has 1 atom stereocenters. The predicted molar refractivity (Wildman–Crippen MR) is 90.7 cm³/mol. The van der Waals surface area contributed by atoms with E-state index in [0.717, 1.165) is 6.42 Å². The zero-order valence-electron chi connectivity index (χ0n) is 12.8. The van der Waals surface area contributed by atoms with Crippen LogP contribution < -0.4 is 22.1 Å². The van der Waals surface area contributed by atoms with E-state index in [1.165, 1.54) is 11.3 Å². The summed E-state index contributed by atoms with van der Waals surface area (Å²) in [6, 6.07) is 3.08. The number of urea groups is 1. The van der Waals surface area contributed by atoms with E-state index in [1.54, 1.807) is 18.5 Å². The second-order valence-corrected chi connectivity index (χ2v) is 5.67. The Labute approximate surface area is 138 Å². The van der Waals surface area contributed by atoms with E-state index in [2.05, 4.69) is 20.6 Å². The third-order valence-corrected chi connectivity index (χ3v) is 3.76. The maximum Gasteiger partial charge on any atom is 0.312 e. The summed E-state index contributed by atoms with van der Waals surface area (Å²) in [5.41, 5.74) is 11.5. The number of rotatable bonds is 8. The average molecular weight is 336 g/mol. The van der Waals surface area contributed by atoms with Crippen molar-refractivity contribution < 1.29 is 9.21 Å². The molecule has 2 amide bonds. The van der Waals surface area contributed by atoms with Crippen LogP contribution in [-0.4, -0.2) is 29.9 Å². The molecule has 8 nitrogen and oxygen atoms in total. The lowest BCUT2D eigenvalue weighted by molar-refractivity contribution is 0.247. The second-order valence-electron chi connectivity index (χ2n) is 4.83. The Morgan fingerprint density at radius 1 is 1.57 bits per heavy atom. The molecule has 0 aromatic carbocycles. The highest BCUT2D eigenvalue weighted by molar-refractivity contribution is 7.13. The van der Waals surface area contributed by atoms with Crippen molar-refractivity contribution in [3.63, 3.8) is 0 Å². The van der Waals surface area contributed by atoms with Crippen molar-refractivity contribution in [2.75, 3.05) is 6.54 Å². The number of thiazole rings is 1. The summed E-state index contributed by atoms with van der Waals surface area (Å²) >= 11 is 1.41. The number of carbonyl (C=O) groups is 1. The molecule has 2 aromatic heterocycles. The minimum Gasteiger partial charge on any atom is -0.458 e. The summed E-state index contributed by atoms with van der Waals surface area (Å²) in [5.74, 6) is 1.22. The number of furan rings is 1. The van der Waals surface area contributed by atoms with Crippen LogP contribution in [0.15, 0.2) is 26.9 Å². The molecule has 2 heterocycles. The molecule has 6 N–H and O–H groups in total. The number of aromatic nitrogens is 1. The molecule has 0 saturated carbocycles.